The molecule has 132 valence electrons. The first-order valence-corrected chi connectivity index (χ1v) is 8.65. The van der Waals surface area contributed by atoms with Gasteiger partial charge in [-0.2, -0.15) is 0 Å². The molecule has 10 heteroatoms. The molecule has 0 radical (unpaired) electrons. The molecule has 2 aromatic carbocycles. The zero-order valence-electron chi connectivity index (χ0n) is 11.9. The van der Waals surface area contributed by atoms with Gasteiger partial charge in [0, 0.05) is 0 Å². The van der Waals surface area contributed by atoms with Crippen molar-refractivity contribution in [3.05, 3.63) is 54.4 Å². The lowest BCUT2D eigenvalue weighted by Gasteiger charge is -2.09. The number of hydrogen-bond donors (Lipinski definition) is 0. The molecule has 0 N–H and O–H groups in total. The van der Waals surface area contributed by atoms with Gasteiger partial charge in [-0.3, -0.25) is 9.59 Å². The first-order valence-electron chi connectivity index (χ1n) is 6.39. The summed E-state index contributed by atoms with van der Waals surface area (Å²) in [6, 6.07) is 5.48. The molecule has 0 unspecified atom stereocenters. The van der Waals surface area contributed by atoms with E-state index >= 15 is 0 Å². The molecule has 0 aliphatic heterocycles. The highest BCUT2D eigenvalue weighted by atomic mass is 35.5. The first kappa shape index (κ1) is 20.4. The average molecular weight is 463 g/mol. The van der Waals surface area contributed by atoms with Crippen molar-refractivity contribution in [1.29, 1.82) is 0 Å². The van der Waals surface area contributed by atoms with Gasteiger partial charge in [-0.05, 0) is 24.3 Å². The summed E-state index contributed by atoms with van der Waals surface area (Å²) in [6.45, 7) is 0. The van der Waals surface area contributed by atoms with E-state index in [1.165, 1.54) is 24.3 Å². The number of rotatable bonds is 4. The summed E-state index contributed by atoms with van der Waals surface area (Å²) >= 11 is 35.0. The van der Waals surface area contributed by atoms with Crippen molar-refractivity contribution in [3.63, 3.8) is 0 Å². The Kier molecular flexibility index (Phi) is 7.09. The minimum atomic E-state index is -0.915. The predicted octanol–water partition coefficient (Wildman–Crippen LogP) is 6.51. The van der Waals surface area contributed by atoms with Crippen molar-refractivity contribution in [2.75, 3.05) is 0 Å². The van der Waals surface area contributed by atoms with Gasteiger partial charge < -0.3 is 9.47 Å². The van der Waals surface area contributed by atoms with Crippen LogP contribution in [0.4, 0.5) is 0 Å². The lowest BCUT2D eigenvalue weighted by molar-refractivity contribution is -0.144. The second-order valence-electron chi connectivity index (χ2n) is 4.47. The van der Waals surface area contributed by atoms with Gasteiger partial charge in [-0.1, -0.05) is 69.6 Å². The topological polar surface area (TPSA) is 52.6 Å². The van der Waals surface area contributed by atoms with E-state index in [-0.39, 0.29) is 41.6 Å². The number of esters is 2. The summed E-state index contributed by atoms with van der Waals surface area (Å²) in [5, 5.41) is 0.338. The molecular formula is C15H6Cl6O4. The summed E-state index contributed by atoms with van der Waals surface area (Å²) in [5.74, 6) is -1.91. The number of carbonyl (C=O) groups excluding carboxylic acids is 2. The van der Waals surface area contributed by atoms with Crippen LogP contribution in [0.15, 0.2) is 24.3 Å². The fourth-order valence-electron chi connectivity index (χ4n) is 1.61. The molecule has 0 bridgehead atoms. The van der Waals surface area contributed by atoms with Gasteiger partial charge in [-0.25, -0.2) is 0 Å². The fourth-order valence-corrected chi connectivity index (χ4v) is 2.74. The Labute approximate surface area is 172 Å². The Morgan fingerprint density at radius 3 is 1.36 bits per heavy atom. The Morgan fingerprint density at radius 2 is 1.00 bits per heavy atom. The summed E-state index contributed by atoms with van der Waals surface area (Å²) in [7, 11) is 0. The van der Waals surface area contributed by atoms with E-state index < -0.39 is 18.4 Å². The zero-order chi connectivity index (χ0) is 18.7. The summed E-state index contributed by atoms with van der Waals surface area (Å²) in [4.78, 5) is 23.7. The summed E-state index contributed by atoms with van der Waals surface area (Å²) in [5.41, 5.74) is 0. The zero-order valence-corrected chi connectivity index (χ0v) is 16.5. The smallest absolute Gasteiger partial charge is 0.322 e. The number of benzene rings is 2. The highest BCUT2D eigenvalue weighted by molar-refractivity contribution is 6.49. The molecule has 0 amide bonds. The van der Waals surface area contributed by atoms with Crippen LogP contribution in [0.2, 0.25) is 30.1 Å². The molecule has 0 aliphatic rings. The molecule has 0 aliphatic carbocycles. The molecular weight excluding hydrogens is 457 g/mol. The quantitative estimate of drug-likeness (QED) is 0.225. The maximum absolute atomic E-state index is 11.8. The van der Waals surface area contributed by atoms with Crippen LogP contribution in [0.25, 0.3) is 0 Å². The van der Waals surface area contributed by atoms with Crippen molar-refractivity contribution in [2.45, 2.75) is 6.42 Å². The van der Waals surface area contributed by atoms with Crippen molar-refractivity contribution in [3.8, 4) is 11.5 Å². The second kappa shape index (κ2) is 8.67. The van der Waals surface area contributed by atoms with Crippen LogP contribution in [-0.2, 0) is 9.59 Å². The Morgan fingerprint density at radius 1 is 0.640 bits per heavy atom. The second-order valence-corrected chi connectivity index (χ2v) is 6.80. The summed E-state index contributed by atoms with van der Waals surface area (Å²) in [6.07, 6.45) is -0.701. The Balaban J connectivity index is 2.03. The molecule has 0 atom stereocenters. The van der Waals surface area contributed by atoms with Gasteiger partial charge >= 0.3 is 11.9 Å². The molecule has 0 heterocycles. The lowest BCUT2D eigenvalue weighted by atomic mass is 10.3. The molecule has 2 rings (SSSR count). The van der Waals surface area contributed by atoms with Crippen molar-refractivity contribution in [1.82, 2.24) is 0 Å². The first-order chi connectivity index (χ1) is 11.7. The number of halogens is 6. The molecule has 0 spiro atoms. The lowest BCUT2D eigenvalue weighted by Crippen LogP contribution is -2.18. The maximum Gasteiger partial charge on any atom is 0.322 e. The predicted molar refractivity (Wildman–Crippen MR) is 98.8 cm³/mol. The average Bonchev–Trinajstić information content (AvgIpc) is 2.56. The number of carbonyl (C=O) groups is 2. The van der Waals surface area contributed by atoms with E-state index in [1.807, 2.05) is 0 Å². The summed E-state index contributed by atoms with van der Waals surface area (Å²) < 4.78 is 9.93. The van der Waals surface area contributed by atoms with E-state index in [9.17, 15) is 9.59 Å². The fraction of sp³-hybridized carbons (Fsp3) is 0.0667. The van der Waals surface area contributed by atoms with E-state index in [4.69, 9.17) is 79.1 Å². The van der Waals surface area contributed by atoms with E-state index in [0.29, 0.717) is 0 Å². The molecule has 0 saturated carbocycles. The van der Waals surface area contributed by atoms with Gasteiger partial charge in [-0.15, -0.1) is 0 Å². The SMILES string of the molecule is O=C(CC(=O)Oc1ccc(Cl)c(Cl)c1Cl)Oc1ccc(Cl)c(Cl)c1Cl. The standard InChI is InChI=1S/C15H6Cl6O4/c16-6-1-3-8(14(20)12(6)18)24-10(22)5-11(23)25-9-4-2-7(17)13(19)15(9)21/h1-4H,5H2. The Hall–Kier alpha value is -0.880. The van der Waals surface area contributed by atoms with Crippen LogP contribution in [0.1, 0.15) is 6.42 Å². The van der Waals surface area contributed by atoms with Crippen LogP contribution in [0.3, 0.4) is 0 Å². The molecule has 0 saturated heterocycles. The van der Waals surface area contributed by atoms with E-state index in [1.54, 1.807) is 0 Å². The highest BCUT2D eigenvalue weighted by Gasteiger charge is 2.19. The minimum Gasteiger partial charge on any atom is -0.424 e. The van der Waals surface area contributed by atoms with Gasteiger partial charge in [0.05, 0.1) is 20.1 Å². The van der Waals surface area contributed by atoms with E-state index in [0.717, 1.165) is 0 Å². The largest absolute Gasteiger partial charge is 0.424 e. The Bertz CT molecular complexity index is 783. The van der Waals surface area contributed by atoms with Crippen LogP contribution in [0, 0.1) is 0 Å². The van der Waals surface area contributed by atoms with Crippen LogP contribution >= 0.6 is 69.6 Å². The third kappa shape index (κ3) is 5.07. The van der Waals surface area contributed by atoms with Crippen LogP contribution in [-0.4, -0.2) is 11.9 Å². The minimum absolute atomic E-state index is 0.0267. The monoisotopic (exact) mass is 460 g/mol. The maximum atomic E-state index is 11.8. The van der Waals surface area contributed by atoms with Crippen molar-refractivity contribution >= 4 is 81.5 Å². The molecule has 0 fully saturated rings. The van der Waals surface area contributed by atoms with Gasteiger partial charge in [0.15, 0.2) is 11.5 Å². The van der Waals surface area contributed by atoms with Crippen LogP contribution < -0.4 is 9.47 Å². The van der Waals surface area contributed by atoms with Crippen molar-refractivity contribution < 1.29 is 19.1 Å². The van der Waals surface area contributed by atoms with Gasteiger partial charge in [0.1, 0.15) is 16.5 Å². The normalized spacial score (nSPS) is 10.5. The molecule has 4 nitrogen and oxygen atoms in total. The highest BCUT2D eigenvalue weighted by Crippen LogP contribution is 2.38. The van der Waals surface area contributed by atoms with Gasteiger partial charge in [0.2, 0.25) is 0 Å². The molecule has 0 aromatic heterocycles. The number of hydrogen-bond acceptors (Lipinski definition) is 4. The third-order valence-electron chi connectivity index (χ3n) is 2.74. The molecule has 25 heavy (non-hydrogen) atoms. The van der Waals surface area contributed by atoms with Crippen molar-refractivity contribution in [2.24, 2.45) is 0 Å². The molecule has 2 aromatic rings. The number of ether oxygens (including phenoxy) is 2. The van der Waals surface area contributed by atoms with Crippen LogP contribution in [0.5, 0.6) is 11.5 Å². The van der Waals surface area contributed by atoms with E-state index in [2.05, 4.69) is 0 Å². The van der Waals surface area contributed by atoms with Gasteiger partial charge in [0.25, 0.3) is 0 Å². The third-order valence-corrected chi connectivity index (χ3v) is 5.29.